The number of benzene rings is 1. The molecule has 2 heterocycles. The van der Waals surface area contributed by atoms with Crippen LogP contribution in [0, 0.1) is 5.92 Å². The second kappa shape index (κ2) is 8.87. The Bertz CT molecular complexity index is 847. The first-order chi connectivity index (χ1) is 13.7. The van der Waals surface area contributed by atoms with E-state index in [-0.39, 0.29) is 5.91 Å². The first-order valence-corrected chi connectivity index (χ1v) is 10.8. The van der Waals surface area contributed by atoms with Crippen molar-refractivity contribution < 1.29 is 4.79 Å². The van der Waals surface area contributed by atoms with Gasteiger partial charge >= 0.3 is 0 Å². The fourth-order valence-electron chi connectivity index (χ4n) is 4.74. The minimum Gasteiger partial charge on any atom is -0.337 e. The summed E-state index contributed by atoms with van der Waals surface area (Å²) in [6.45, 7) is 6.17. The van der Waals surface area contributed by atoms with Crippen LogP contribution in [-0.2, 0) is 0 Å². The predicted octanol–water partition coefficient (Wildman–Crippen LogP) is 4.52. The van der Waals surface area contributed by atoms with E-state index in [1.807, 2.05) is 30.3 Å². The molecule has 4 nitrogen and oxygen atoms in total. The Morgan fingerprint density at radius 3 is 2.96 bits per heavy atom. The number of nitrogens with zero attached hydrogens (tertiary/aromatic N) is 3. The normalized spacial score (nSPS) is 22.6. The lowest BCUT2D eigenvalue weighted by Crippen LogP contribution is -2.45. The molecule has 28 heavy (non-hydrogen) atoms. The van der Waals surface area contributed by atoms with Crippen molar-refractivity contribution in [3.8, 4) is 0 Å². The third-order valence-electron chi connectivity index (χ3n) is 6.33. The van der Waals surface area contributed by atoms with Crippen molar-refractivity contribution in [3.05, 3.63) is 54.2 Å². The van der Waals surface area contributed by atoms with Gasteiger partial charge < -0.3 is 4.90 Å². The Morgan fingerprint density at radius 1 is 1.21 bits per heavy atom. The minimum absolute atomic E-state index is 0.170. The smallest absolute Gasteiger partial charge is 0.253 e. The van der Waals surface area contributed by atoms with Gasteiger partial charge in [0.05, 0.1) is 5.52 Å². The fraction of sp³-hybridized carbons (Fsp3) is 0.500. The molecule has 1 saturated heterocycles. The number of aromatic nitrogens is 1. The molecule has 1 aliphatic carbocycles. The van der Waals surface area contributed by atoms with Crippen LogP contribution < -0.4 is 0 Å². The minimum atomic E-state index is 0.170. The maximum Gasteiger partial charge on any atom is 0.253 e. The number of carbonyl (C=O) groups excluding carboxylic acids is 1. The first-order valence-electron chi connectivity index (χ1n) is 10.8. The van der Waals surface area contributed by atoms with Crippen LogP contribution in [0.5, 0.6) is 0 Å². The number of pyridine rings is 1. The Hall–Kier alpha value is -2.20. The van der Waals surface area contributed by atoms with E-state index in [0.717, 1.165) is 55.5 Å². The Balaban J connectivity index is 1.56. The van der Waals surface area contributed by atoms with Gasteiger partial charge in [0.1, 0.15) is 0 Å². The Kier molecular flexibility index (Phi) is 6.06. The fourth-order valence-corrected chi connectivity index (χ4v) is 4.74. The van der Waals surface area contributed by atoms with Crippen LogP contribution in [0.4, 0.5) is 0 Å². The molecule has 148 valence electrons. The summed E-state index contributed by atoms with van der Waals surface area (Å²) in [5.74, 6) is 0.746. The molecule has 0 radical (unpaired) electrons. The monoisotopic (exact) mass is 377 g/mol. The lowest BCUT2D eigenvalue weighted by molar-refractivity contribution is 0.0670. The van der Waals surface area contributed by atoms with Gasteiger partial charge in [-0.05, 0) is 75.4 Å². The van der Waals surface area contributed by atoms with Crippen LogP contribution in [-0.4, -0.2) is 52.9 Å². The maximum absolute atomic E-state index is 13.5. The van der Waals surface area contributed by atoms with Crippen LogP contribution in [0.3, 0.4) is 0 Å². The van der Waals surface area contributed by atoms with E-state index in [0.29, 0.717) is 12.0 Å². The van der Waals surface area contributed by atoms with E-state index in [4.69, 9.17) is 0 Å². The number of hydrogen-bond donors (Lipinski definition) is 0. The molecule has 0 spiro atoms. The topological polar surface area (TPSA) is 36.4 Å². The number of allylic oxidation sites excluding steroid dienone is 2. The average Bonchev–Trinajstić information content (AvgIpc) is 3.20. The molecular formula is C24H31N3O. The quantitative estimate of drug-likeness (QED) is 0.695. The van der Waals surface area contributed by atoms with Crippen molar-refractivity contribution in [1.82, 2.24) is 14.8 Å². The van der Waals surface area contributed by atoms with Gasteiger partial charge in [-0.15, -0.1) is 0 Å². The number of rotatable bonds is 6. The lowest BCUT2D eigenvalue weighted by Gasteiger charge is -2.33. The summed E-state index contributed by atoms with van der Waals surface area (Å²) in [7, 11) is 0. The predicted molar refractivity (Wildman–Crippen MR) is 114 cm³/mol. The summed E-state index contributed by atoms with van der Waals surface area (Å²) in [6.07, 6.45) is 12.2. The zero-order valence-corrected chi connectivity index (χ0v) is 16.9. The third-order valence-corrected chi connectivity index (χ3v) is 6.33. The summed E-state index contributed by atoms with van der Waals surface area (Å²) in [4.78, 5) is 22.6. The Morgan fingerprint density at radius 2 is 2.14 bits per heavy atom. The maximum atomic E-state index is 13.5. The molecule has 2 atom stereocenters. The highest BCUT2D eigenvalue weighted by Gasteiger charge is 2.29. The van der Waals surface area contributed by atoms with Crippen LogP contribution in [0.25, 0.3) is 10.9 Å². The highest BCUT2D eigenvalue weighted by atomic mass is 16.2. The summed E-state index contributed by atoms with van der Waals surface area (Å²) in [5.41, 5.74) is 1.73. The van der Waals surface area contributed by atoms with Crippen molar-refractivity contribution in [2.75, 3.05) is 26.2 Å². The average molecular weight is 378 g/mol. The van der Waals surface area contributed by atoms with Gasteiger partial charge in [0.15, 0.2) is 0 Å². The van der Waals surface area contributed by atoms with Crippen molar-refractivity contribution in [1.29, 1.82) is 0 Å². The van der Waals surface area contributed by atoms with Gasteiger partial charge in [0.2, 0.25) is 0 Å². The summed E-state index contributed by atoms with van der Waals surface area (Å²) in [5, 5.41) is 1.03. The number of likely N-dealkylation sites (tertiary alicyclic amines) is 1. The summed E-state index contributed by atoms with van der Waals surface area (Å²) < 4.78 is 0. The van der Waals surface area contributed by atoms with Gasteiger partial charge in [0, 0.05) is 36.3 Å². The SMILES string of the molecule is CCN1CCCC1CN(CC1CC=CCC1)C(=O)c1ccc2ncccc2c1. The zero-order chi connectivity index (χ0) is 19.3. The van der Waals surface area contributed by atoms with Gasteiger partial charge in [0.25, 0.3) is 5.91 Å². The van der Waals surface area contributed by atoms with E-state index in [9.17, 15) is 4.79 Å². The van der Waals surface area contributed by atoms with Gasteiger partial charge in [-0.1, -0.05) is 25.1 Å². The zero-order valence-electron chi connectivity index (χ0n) is 16.9. The van der Waals surface area contributed by atoms with Crippen molar-refractivity contribution in [2.45, 2.75) is 45.1 Å². The first kappa shape index (κ1) is 19.1. The van der Waals surface area contributed by atoms with E-state index in [1.54, 1.807) is 6.20 Å². The number of carbonyl (C=O) groups is 1. The van der Waals surface area contributed by atoms with E-state index < -0.39 is 0 Å². The molecule has 2 aromatic rings. The highest BCUT2D eigenvalue weighted by molar-refractivity contribution is 5.98. The number of likely N-dealkylation sites (N-methyl/N-ethyl adjacent to an activating group) is 1. The third kappa shape index (κ3) is 4.27. The van der Waals surface area contributed by atoms with E-state index in [2.05, 4.69) is 33.9 Å². The van der Waals surface area contributed by atoms with Gasteiger partial charge in [-0.25, -0.2) is 0 Å². The van der Waals surface area contributed by atoms with Crippen LogP contribution >= 0.6 is 0 Å². The van der Waals surface area contributed by atoms with Crippen LogP contribution in [0.2, 0.25) is 0 Å². The molecule has 1 fully saturated rings. The number of amides is 1. The van der Waals surface area contributed by atoms with E-state index >= 15 is 0 Å². The Labute approximate surface area is 168 Å². The molecule has 0 N–H and O–H groups in total. The molecule has 1 aliphatic heterocycles. The lowest BCUT2D eigenvalue weighted by atomic mass is 9.93. The van der Waals surface area contributed by atoms with Gasteiger partial charge in [-0.2, -0.15) is 0 Å². The van der Waals surface area contributed by atoms with Crippen molar-refractivity contribution in [3.63, 3.8) is 0 Å². The standard InChI is InChI=1S/C24H31N3O/c1-2-26-15-7-11-22(26)18-27(17-19-8-4-3-5-9-19)24(28)21-12-13-23-20(16-21)10-6-14-25-23/h3-4,6,10,12-14,16,19,22H,2,5,7-9,11,15,17-18H2,1H3. The molecule has 4 rings (SSSR count). The molecule has 2 unspecified atom stereocenters. The van der Waals surface area contributed by atoms with Crippen molar-refractivity contribution in [2.24, 2.45) is 5.92 Å². The molecule has 2 aliphatic rings. The highest BCUT2D eigenvalue weighted by Crippen LogP contribution is 2.24. The molecule has 4 heteroatoms. The second-order valence-corrected chi connectivity index (χ2v) is 8.20. The molecular weight excluding hydrogens is 346 g/mol. The summed E-state index contributed by atoms with van der Waals surface area (Å²) in [6, 6.07) is 10.4. The molecule has 1 aromatic heterocycles. The van der Waals surface area contributed by atoms with Crippen molar-refractivity contribution >= 4 is 16.8 Å². The van der Waals surface area contributed by atoms with Crippen LogP contribution in [0.15, 0.2) is 48.7 Å². The largest absolute Gasteiger partial charge is 0.337 e. The number of fused-ring (bicyclic) bond motifs is 1. The van der Waals surface area contributed by atoms with Gasteiger partial charge in [-0.3, -0.25) is 14.7 Å². The second-order valence-electron chi connectivity index (χ2n) is 8.20. The molecule has 1 amide bonds. The molecule has 1 aromatic carbocycles. The van der Waals surface area contributed by atoms with Crippen LogP contribution in [0.1, 0.15) is 49.4 Å². The molecule has 0 bridgehead atoms. The summed E-state index contributed by atoms with van der Waals surface area (Å²) >= 11 is 0. The molecule has 0 saturated carbocycles. The van der Waals surface area contributed by atoms with E-state index in [1.165, 1.54) is 19.3 Å². The number of hydrogen-bond acceptors (Lipinski definition) is 3.